The number of likely N-dealkylation sites (tertiary alicyclic amines) is 1. The minimum Gasteiger partial charge on any atom is -0.334 e. The Bertz CT molecular complexity index is 790. The van der Waals surface area contributed by atoms with Crippen molar-refractivity contribution >= 4 is 17.2 Å². The lowest BCUT2D eigenvalue weighted by atomic mass is 9.97. The molecule has 2 aromatic rings. The monoisotopic (exact) mass is 372 g/mol. The summed E-state index contributed by atoms with van der Waals surface area (Å²) >= 11 is 1.81. The van der Waals surface area contributed by atoms with Crippen LogP contribution in [0.15, 0.2) is 35.7 Å². The van der Waals surface area contributed by atoms with Gasteiger partial charge in [0.15, 0.2) is 0 Å². The third-order valence-electron chi connectivity index (χ3n) is 5.74. The molecule has 1 aromatic carbocycles. The van der Waals surface area contributed by atoms with Gasteiger partial charge in [-0.3, -0.25) is 9.69 Å². The van der Waals surface area contributed by atoms with Crippen molar-refractivity contribution in [3.8, 4) is 0 Å². The summed E-state index contributed by atoms with van der Waals surface area (Å²) in [4.78, 5) is 18.8. The number of fused-ring (bicyclic) bond motifs is 1. The van der Waals surface area contributed by atoms with Crippen LogP contribution in [0.3, 0.4) is 0 Å². The molecule has 4 rings (SSSR count). The Labute approximate surface area is 158 Å². The molecule has 2 unspecified atom stereocenters. The van der Waals surface area contributed by atoms with Crippen LogP contribution in [0.25, 0.3) is 0 Å². The third-order valence-corrected chi connectivity index (χ3v) is 6.73. The van der Waals surface area contributed by atoms with Crippen LogP contribution in [0, 0.1) is 5.82 Å². The maximum absolute atomic E-state index is 13.6. The predicted octanol–water partition coefficient (Wildman–Crippen LogP) is 4.56. The quantitative estimate of drug-likeness (QED) is 0.785. The van der Waals surface area contributed by atoms with E-state index >= 15 is 0 Å². The Morgan fingerprint density at radius 1 is 1.31 bits per heavy atom. The van der Waals surface area contributed by atoms with Crippen LogP contribution in [-0.2, 0) is 11.2 Å². The van der Waals surface area contributed by atoms with Gasteiger partial charge in [-0.2, -0.15) is 0 Å². The second-order valence-electron chi connectivity index (χ2n) is 7.24. The zero-order valence-corrected chi connectivity index (χ0v) is 16.0. The second kappa shape index (κ2) is 7.49. The van der Waals surface area contributed by atoms with Crippen LogP contribution in [0.1, 0.15) is 54.3 Å². The number of rotatable bonds is 4. The van der Waals surface area contributed by atoms with E-state index < -0.39 is 0 Å². The maximum Gasteiger partial charge on any atom is 0.237 e. The lowest BCUT2D eigenvalue weighted by Gasteiger charge is -2.37. The summed E-state index contributed by atoms with van der Waals surface area (Å²) in [6.07, 6.45) is 3.95. The highest BCUT2D eigenvalue weighted by Gasteiger charge is 2.34. The first-order valence-electron chi connectivity index (χ1n) is 9.52. The molecular formula is C21H25FN2OS. The van der Waals surface area contributed by atoms with E-state index in [4.69, 9.17) is 0 Å². The highest BCUT2D eigenvalue weighted by Crippen LogP contribution is 2.36. The SMILES string of the molecule is CCC1c2ccsc2CCN1C(=O)CN1CCCC1c1cccc(F)c1. The van der Waals surface area contributed by atoms with E-state index in [0.29, 0.717) is 6.54 Å². The summed E-state index contributed by atoms with van der Waals surface area (Å²) in [7, 11) is 0. The molecule has 26 heavy (non-hydrogen) atoms. The molecule has 5 heteroatoms. The Kier molecular flexibility index (Phi) is 5.09. The zero-order chi connectivity index (χ0) is 18.1. The molecule has 1 saturated heterocycles. The number of hydrogen-bond donors (Lipinski definition) is 0. The Balaban J connectivity index is 1.49. The Morgan fingerprint density at radius 2 is 2.19 bits per heavy atom. The van der Waals surface area contributed by atoms with Crippen molar-refractivity contribution in [1.29, 1.82) is 0 Å². The fourth-order valence-corrected chi connectivity index (χ4v) is 5.43. The summed E-state index contributed by atoms with van der Waals surface area (Å²) in [6, 6.07) is 9.36. The van der Waals surface area contributed by atoms with Gasteiger partial charge < -0.3 is 4.90 Å². The first kappa shape index (κ1) is 17.7. The normalized spacial score (nSPS) is 23.2. The van der Waals surface area contributed by atoms with E-state index in [-0.39, 0.29) is 23.8 Å². The van der Waals surface area contributed by atoms with Gasteiger partial charge in [-0.15, -0.1) is 11.3 Å². The largest absolute Gasteiger partial charge is 0.334 e. The predicted molar refractivity (Wildman–Crippen MR) is 103 cm³/mol. The summed E-state index contributed by atoms with van der Waals surface area (Å²) in [5.41, 5.74) is 2.32. The number of amides is 1. The first-order chi connectivity index (χ1) is 12.7. The molecule has 3 nitrogen and oxygen atoms in total. The molecule has 1 amide bonds. The van der Waals surface area contributed by atoms with E-state index in [1.165, 1.54) is 16.5 Å². The van der Waals surface area contributed by atoms with Crippen LogP contribution in [-0.4, -0.2) is 35.3 Å². The molecule has 2 aliphatic heterocycles. The van der Waals surface area contributed by atoms with Crippen LogP contribution < -0.4 is 0 Å². The van der Waals surface area contributed by atoms with E-state index in [1.54, 1.807) is 23.5 Å². The number of thiophene rings is 1. The van der Waals surface area contributed by atoms with E-state index in [1.807, 2.05) is 6.07 Å². The van der Waals surface area contributed by atoms with E-state index in [0.717, 1.165) is 44.3 Å². The zero-order valence-electron chi connectivity index (χ0n) is 15.2. The number of benzene rings is 1. The van der Waals surface area contributed by atoms with Crippen LogP contribution >= 0.6 is 11.3 Å². The molecule has 0 N–H and O–H groups in total. The van der Waals surface area contributed by atoms with Gasteiger partial charge in [0.05, 0.1) is 12.6 Å². The number of carbonyl (C=O) groups excluding carboxylic acids is 1. The molecular weight excluding hydrogens is 347 g/mol. The van der Waals surface area contributed by atoms with Gasteiger partial charge >= 0.3 is 0 Å². The topological polar surface area (TPSA) is 23.6 Å². The van der Waals surface area contributed by atoms with Crippen LogP contribution in [0.4, 0.5) is 4.39 Å². The Hall–Kier alpha value is -1.72. The lowest BCUT2D eigenvalue weighted by molar-refractivity contribution is -0.135. The highest BCUT2D eigenvalue weighted by atomic mass is 32.1. The van der Waals surface area contributed by atoms with Crippen molar-refractivity contribution in [2.24, 2.45) is 0 Å². The fourth-order valence-electron chi connectivity index (χ4n) is 4.51. The van der Waals surface area contributed by atoms with Gasteiger partial charge in [-0.1, -0.05) is 19.1 Å². The molecule has 0 bridgehead atoms. The summed E-state index contributed by atoms with van der Waals surface area (Å²) < 4.78 is 13.6. The Morgan fingerprint density at radius 3 is 3.00 bits per heavy atom. The van der Waals surface area contributed by atoms with E-state index in [2.05, 4.69) is 28.2 Å². The summed E-state index contributed by atoms with van der Waals surface area (Å²) in [5.74, 6) is 0.00439. The lowest BCUT2D eigenvalue weighted by Crippen LogP contribution is -2.44. The first-order valence-corrected chi connectivity index (χ1v) is 10.4. The van der Waals surface area contributed by atoms with Gasteiger partial charge in [0, 0.05) is 17.5 Å². The molecule has 1 fully saturated rings. The number of halogens is 1. The molecule has 2 atom stereocenters. The van der Waals surface area contributed by atoms with Gasteiger partial charge in [-0.05, 0) is 66.9 Å². The van der Waals surface area contributed by atoms with Gasteiger partial charge in [0.25, 0.3) is 0 Å². The smallest absolute Gasteiger partial charge is 0.237 e. The van der Waals surface area contributed by atoms with Crippen LogP contribution in [0.5, 0.6) is 0 Å². The second-order valence-corrected chi connectivity index (χ2v) is 8.24. The molecule has 3 heterocycles. The molecule has 138 valence electrons. The number of nitrogens with zero attached hydrogens (tertiary/aromatic N) is 2. The molecule has 0 saturated carbocycles. The van der Waals surface area contributed by atoms with Gasteiger partial charge in [0.1, 0.15) is 5.82 Å². The van der Waals surface area contributed by atoms with Gasteiger partial charge in [0.2, 0.25) is 5.91 Å². The number of carbonyl (C=O) groups is 1. The van der Waals surface area contributed by atoms with E-state index in [9.17, 15) is 9.18 Å². The van der Waals surface area contributed by atoms with Crippen molar-refractivity contribution in [3.63, 3.8) is 0 Å². The molecule has 0 aliphatic carbocycles. The molecule has 1 aromatic heterocycles. The average Bonchev–Trinajstić information content (AvgIpc) is 3.29. The molecule has 0 radical (unpaired) electrons. The summed E-state index contributed by atoms with van der Waals surface area (Å²) in [5, 5.41) is 2.14. The molecule has 0 spiro atoms. The minimum absolute atomic E-state index is 0.149. The molecule has 2 aliphatic rings. The van der Waals surface area contributed by atoms with Crippen molar-refractivity contribution in [2.75, 3.05) is 19.6 Å². The minimum atomic E-state index is -0.201. The highest BCUT2D eigenvalue weighted by molar-refractivity contribution is 7.10. The standard InChI is InChI=1S/C21H25FN2OS/c1-2-18-17-9-12-26-20(17)8-11-24(18)21(25)14-23-10-4-7-19(23)15-5-3-6-16(22)13-15/h3,5-6,9,12-13,18-19H,2,4,7-8,10-11,14H2,1H3. The van der Waals surface area contributed by atoms with Crippen molar-refractivity contribution in [1.82, 2.24) is 9.80 Å². The average molecular weight is 373 g/mol. The van der Waals surface area contributed by atoms with Gasteiger partial charge in [-0.25, -0.2) is 4.39 Å². The number of hydrogen-bond acceptors (Lipinski definition) is 3. The van der Waals surface area contributed by atoms with Crippen molar-refractivity contribution < 1.29 is 9.18 Å². The van der Waals surface area contributed by atoms with Crippen molar-refractivity contribution in [3.05, 3.63) is 57.5 Å². The van der Waals surface area contributed by atoms with Crippen molar-refractivity contribution in [2.45, 2.75) is 44.7 Å². The maximum atomic E-state index is 13.6. The fraction of sp³-hybridized carbons (Fsp3) is 0.476. The van der Waals surface area contributed by atoms with Crippen LogP contribution in [0.2, 0.25) is 0 Å². The third kappa shape index (κ3) is 3.30. The summed E-state index contributed by atoms with van der Waals surface area (Å²) in [6.45, 7) is 4.30.